The van der Waals surface area contributed by atoms with Crippen LogP contribution in [0.1, 0.15) is 16.1 Å². The van der Waals surface area contributed by atoms with E-state index in [2.05, 4.69) is 9.72 Å². The molecule has 2 aromatic heterocycles. The summed E-state index contributed by atoms with van der Waals surface area (Å²) < 4.78 is 71.3. The predicted octanol–water partition coefficient (Wildman–Crippen LogP) is 3.45. The van der Waals surface area contributed by atoms with Gasteiger partial charge in [-0.1, -0.05) is 12.1 Å². The second-order valence-electron chi connectivity index (χ2n) is 6.88. The van der Waals surface area contributed by atoms with E-state index in [0.29, 0.717) is 11.6 Å². The van der Waals surface area contributed by atoms with Crippen molar-refractivity contribution in [3.05, 3.63) is 70.3 Å². The highest BCUT2D eigenvalue weighted by Gasteiger charge is 2.38. The quantitative estimate of drug-likeness (QED) is 0.574. The smallest absolute Gasteiger partial charge is 0.328 e. The summed E-state index contributed by atoms with van der Waals surface area (Å²) in [7, 11) is 0. The first kappa shape index (κ1) is 20.9. The third-order valence-corrected chi connectivity index (χ3v) is 4.76. The lowest BCUT2D eigenvalue weighted by Crippen LogP contribution is -2.49. The van der Waals surface area contributed by atoms with Gasteiger partial charge in [0.15, 0.2) is 5.69 Å². The Balaban J connectivity index is 1.70. The van der Waals surface area contributed by atoms with Gasteiger partial charge in [0.1, 0.15) is 12.2 Å². The third kappa shape index (κ3) is 4.13. The summed E-state index contributed by atoms with van der Waals surface area (Å²) in [6.45, 7) is -1.16. The summed E-state index contributed by atoms with van der Waals surface area (Å²) in [5, 5.41) is 0. The van der Waals surface area contributed by atoms with Crippen molar-refractivity contribution in [3.63, 3.8) is 0 Å². The molecule has 3 heterocycles. The summed E-state index contributed by atoms with van der Waals surface area (Å²) in [5.74, 6) is -0.624. The number of morpholine rings is 1. The number of alkyl halides is 5. The molecule has 0 aliphatic carbocycles. The summed E-state index contributed by atoms with van der Waals surface area (Å²) in [5.41, 5.74) is -1.64. The molecule has 1 amide bonds. The minimum Gasteiger partial charge on any atom is -0.328 e. The van der Waals surface area contributed by atoms with Crippen molar-refractivity contribution >= 4 is 11.6 Å². The largest absolute Gasteiger partial charge is 0.433 e. The SMILES string of the molecule is O=C(c1ccc(-c2cccn3c(=O)cc(C(F)(F)F)nc23)cc1)N1CCOC(F)(F)C1. The van der Waals surface area contributed by atoms with Crippen molar-refractivity contribution in [1.82, 2.24) is 14.3 Å². The maximum absolute atomic E-state index is 13.4. The van der Waals surface area contributed by atoms with Gasteiger partial charge in [0.25, 0.3) is 11.5 Å². The van der Waals surface area contributed by atoms with Crippen LogP contribution in [-0.4, -0.2) is 46.0 Å². The molecule has 11 heteroatoms. The number of pyridine rings is 1. The van der Waals surface area contributed by atoms with Crippen LogP contribution in [0.5, 0.6) is 0 Å². The monoisotopic (exact) mass is 439 g/mol. The number of benzene rings is 1. The minimum absolute atomic E-state index is 0.00650. The molecule has 0 N–H and O–H groups in total. The molecule has 3 aromatic rings. The van der Waals surface area contributed by atoms with Gasteiger partial charge in [-0.3, -0.25) is 14.0 Å². The molecule has 0 spiro atoms. The Morgan fingerprint density at radius 3 is 2.48 bits per heavy atom. The van der Waals surface area contributed by atoms with E-state index in [1.54, 1.807) is 0 Å². The van der Waals surface area contributed by atoms with Crippen LogP contribution >= 0.6 is 0 Å². The molecule has 4 rings (SSSR count). The second-order valence-corrected chi connectivity index (χ2v) is 6.88. The Hall–Kier alpha value is -3.34. The van der Waals surface area contributed by atoms with Gasteiger partial charge in [-0.15, -0.1) is 0 Å². The predicted molar refractivity (Wildman–Crippen MR) is 98.7 cm³/mol. The highest BCUT2D eigenvalue weighted by molar-refractivity contribution is 5.95. The molecule has 0 atom stereocenters. The van der Waals surface area contributed by atoms with Crippen LogP contribution in [0.4, 0.5) is 22.0 Å². The van der Waals surface area contributed by atoms with Gasteiger partial charge < -0.3 is 9.64 Å². The number of carbonyl (C=O) groups is 1. The van der Waals surface area contributed by atoms with Crippen molar-refractivity contribution in [2.45, 2.75) is 12.3 Å². The van der Waals surface area contributed by atoms with Crippen LogP contribution in [0.25, 0.3) is 16.8 Å². The van der Waals surface area contributed by atoms with E-state index < -0.39 is 36.0 Å². The molecule has 6 nitrogen and oxygen atoms in total. The highest BCUT2D eigenvalue weighted by atomic mass is 19.4. The molecular formula is C20H14F5N3O3. The fraction of sp³-hybridized carbons (Fsp3) is 0.250. The molecule has 31 heavy (non-hydrogen) atoms. The molecule has 1 aliphatic heterocycles. The Kier molecular flexibility index (Phi) is 5.00. The number of aromatic nitrogens is 2. The van der Waals surface area contributed by atoms with Gasteiger partial charge in [0.05, 0.1) is 6.61 Å². The molecule has 1 aromatic carbocycles. The topological polar surface area (TPSA) is 63.9 Å². The average Bonchev–Trinajstić information content (AvgIpc) is 2.71. The fourth-order valence-electron chi connectivity index (χ4n) is 3.30. The standard InChI is InChI=1S/C20H14F5N3O3/c21-19(22)11-27(8-9-31-19)18(30)13-5-3-12(4-6-13)14-2-1-7-28-16(29)10-15(20(23,24)25)26-17(14)28/h1-7,10H,8-9,11H2. The Morgan fingerprint density at radius 1 is 1.13 bits per heavy atom. The number of amides is 1. The minimum atomic E-state index is -4.79. The van der Waals surface area contributed by atoms with Crippen LogP contribution in [0, 0.1) is 0 Å². The number of halogens is 5. The lowest BCUT2D eigenvalue weighted by atomic mass is 10.0. The van der Waals surface area contributed by atoms with E-state index in [9.17, 15) is 31.5 Å². The third-order valence-electron chi connectivity index (χ3n) is 4.76. The van der Waals surface area contributed by atoms with Gasteiger partial charge in [0, 0.05) is 29.9 Å². The van der Waals surface area contributed by atoms with Gasteiger partial charge in [-0.05, 0) is 29.8 Å². The normalized spacial score (nSPS) is 16.5. The lowest BCUT2D eigenvalue weighted by Gasteiger charge is -2.32. The molecular weight excluding hydrogens is 425 g/mol. The molecule has 0 radical (unpaired) electrons. The second kappa shape index (κ2) is 7.41. The maximum atomic E-state index is 13.4. The summed E-state index contributed by atoms with van der Waals surface area (Å²) in [6.07, 6.45) is -6.92. The molecule has 1 aliphatic rings. The number of hydrogen-bond acceptors (Lipinski definition) is 4. The van der Waals surface area contributed by atoms with Crippen LogP contribution in [-0.2, 0) is 10.9 Å². The van der Waals surface area contributed by atoms with Gasteiger partial charge in [0.2, 0.25) is 0 Å². The number of hydrogen-bond donors (Lipinski definition) is 0. The van der Waals surface area contributed by atoms with Crippen LogP contribution in [0.3, 0.4) is 0 Å². The van der Waals surface area contributed by atoms with Crippen molar-refractivity contribution < 1.29 is 31.5 Å². The number of ether oxygens (including phenoxy) is 1. The van der Waals surface area contributed by atoms with Crippen molar-refractivity contribution in [2.75, 3.05) is 19.7 Å². The zero-order valence-corrected chi connectivity index (χ0v) is 15.7. The maximum Gasteiger partial charge on any atom is 0.433 e. The van der Waals surface area contributed by atoms with E-state index in [1.165, 1.54) is 42.6 Å². The average molecular weight is 439 g/mol. The van der Waals surface area contributed by atoms with E-state index in [1.807, 2.05) is 0 Å². The number of nitrogens with zero attached hydrogens (tertiary/aromatic N) is 3. The van der Waals surface area contributed by atoms with Crippen LogP contribution < -0.4 is 5.56 Å². The first-order valence-corrected chi connectivity index (χ1v) is 9.06. The zero-order valence-electron chi connectivity index (χ0n) is 15.7. The Morgan fingerprint density at radius 2 is 1.84 bits per heavy atom. The van der Waals surface area contributed by atoms with Crippen molar-refractivity contribution in [2.24, 2.45) is 0 Å². The number of fused-ring (bicyclic) bond motifs is 1. The summed E-state index contributed by atoms with van der Waals surface area (Å²) in [4.78, 5) is 29.2. The first-order chi connectivity index (χ1) is 14.5. The number of carbonyl (C=O) groups excluding carboxylic acids is 1. The lowest BCUT2D eigenvalue weighted by molar-refractivity contribution is -0.263. The summed E-state index contributed by atoms with van der Waals surface area (Å²) >= 11 is 0. The summed E-state index contributed by atoms with van der Waals surface area (Å²) in [6, 6.07) is 9.04. The van der Waals surface area contributed by atoms with E-state index in [0.717, 1.165) is 9.30 Å². The first-order valence-electron chi connectivity index (χ1n) is 9.06. The molecule has 1 saturated heterocycles. The molecule has 1 fully saturated rings. The molecule has 0 unspecified atom stereocenters. The molecule has 162 valence electrons. The van der Waals surface area contributed by atoms with Gasteiger partial charge in [-0.25, -0.2) is 4.98 Å². The van der Waals surface area contributed by atoms with Crippen LogP contribution in [0.15, 0.2) is 53.5 Å². The fourth-order valence-corrected chi connectivity index (χ4v) is 3.30. The van der Waals surface area contributed by atoms with E-state index >= 15 is 0 Å². The molecule has 0 bridgehead atoms. The van der Waals surface area contributed by atoms with Gasteiger partial charge >= 0.3 is 12.3 Å². The van der Waals surface area contributed by atoms with E-state index in [-0.39, 0.29) is 29.9 Å². The zero-order chi connectivity index (χ0) is 22.4. The number of rotatable bonds is 2. The highest BCUT2D eigenvalue weighted by Crippen LogP contribution is 2.29. The van der Waals surface area contributed by atoms with Crippen LogP contribution in [0.2, 0.25) is 0 Å². The molecule has 0 saturated carbocycles. The van der Waals surface area contributed by atoms with Crippen molar-refractivity contribution in [1.29, 1.82) is 0 Å². The van der Waals surface area contributed by atoms with Gasteiger partial charge in [-0.2, -0.15) is 22.0 Å². The van der Waals surface area contributed by atoms with E-state index in [4.69, 9.17) is 0 Å². The van der Waals surface area contributed by atoms with Crippen molar-refractivity contribution in [3.8, 4) is 11.1 Å². The Bertz CT molecular complexity index is 1210. The Labute approximate surface area is 171 Å².